The Bertz CT molecular complexity index is 916. The van der Waals surface area contributed by atoms with Gasteiger partial charge in [0.25, 0.3) is 5.91 Å². The Kier molecular flexibility index (Phi) is 7.24. The maximum Gasteiger partial charge on any atom is 0.387 e. The van der Waals surface area contributed by atoms with Gasteiger partial charge in [0.05, 0.1) is 12.8 Å². The monoisotopic (exact) mass is 407 g/mol. The summed E-state index contributed by atoms with van der Waals surface area (Å²) in [5.41, 5.74) is 0.226. The number of nitrogens with one attached hydrogen (secondary N) is 1. The first-order valence-corrected chi connectivity index (χ1v) is 8.48. The fourth-order valence-corrected chi connectivity index (χ4v) is 2.46. The van der Waals surface area contributed by atoms with Gasteiger partial charge in [0.15, 0.2) is 23.4 Å². The smallest absolute Gasteiger partial charge is 0.387 e. The van der Waals surface area contributed by atoms with Crippen molar-refractivity contribution >= 4 is 23.3 Å². The second-order valence-electron chi connectivity index (χ2n) is 5.85. The third-order valence-electron chi connectivity index (χ3n) is 3.84. The fraction of sp³-hybridized carbons (Fsp3) is 0.250. The summed E-state index contributed by atoms with van der Waals surface area (Å²) >= 11 is 0. The predicted molar refractivity (Wildman–Crippen MR) is 99.6 cm³/mol. The standard InChI is InChI=1S/C20H19F2NO6/c1-11(24)13-7-4-5-9-15(13)23-18(25)12(2)28-19(26)14-8-6-10-16(27-3)17(14)29-20(21)22/h4-10,12,20H,1-3H3,(H,23,25). The van der Waals surface area contributed by atoms with E-state index in [2.05, 4.69) is 10.1 Å². The summed E-state index contributed by atoms with van der Waals surface area (Å²) in [4.78, 5) is 36.4. The van der Waals surface area contributed by atoms with Crippen molar-refractivity contribution in [3.05, 3.63) is 53.6 Å². The van der Waals surface area contributed by atoms with E-state index in [4.69, 9.17) is 9.47 Å². The molecule has 1 N–H and O–H groups in total. The van der Waals surface area contributed by atoms with Gasteiger partial charge in [0.1, 0.15) is 5.56 Å². The van der Waals surface area contributed by atoms with E-state index < -0.39 is 30.3 Å². The van der Waals surface area contributed by atoms with Gasteiger partial charge >= 0.3 is 12.6 Å². The number of esters is 1. The minimum absolute atomic E-state index is 0.0905. The van der Waals surface area contributed by atoms with Crippen molar-refractivity contribution in [1.29, 1.82) is 0 Å². The third-order valence-corrected chi connectivity index (χ3v) is 3.84. The molecule has 0 bridgehead atoms. The van der Waals surface area contributed by atoms with Crippen LogP contribution in [0.3, 0.4) is 0 Å². The highest BCUT2D eigenvalue weighted by atomic mass is 19.3. The predicted octanol–water partition coefficient (Wildman–Crippen LogP) is 3.68. The molecule has 0 saturated heterocycles. The Balaban J connectivity index is 2.17. The molecule has 29 heavy (non-hydrogen) atoms. The van der Waals surface area contributed by atoms with Crippen molar-refractivity contribution in [1.82, 2.24) is 0 Å². The molecule has 2 rings (SSSR count). The second-order valence-corrected chi connectivity index (χ2v) is 5.85. The highest BCUT2D eigenvalue weighted by molar-refractivity contribution is 6.05. The minimum Gasteiger partial charge on any atom is -0.493 e. The van der Waals surface area contributed by atoms with Crippen LogP contribution in [0.15, 0.2) is 42.5 Å². The number of para-hydroxylation sites is 2. The number of carbonyl (C=O) groups is 3. The minimum atomic E-state index is -3.19. The Morgan fingerprint density at radius 3 is 2.28 bits per heavy atom. The molecule has 0 aliphatic rings. The number of ketones is 1. The molecule has 1 unspecified atom stereocenters. The maximum atomic E-state index is 12.7. The van der Waals surface area contributed by atoms with E-state index >= 15 is 0 Å². The Hall–Kier alpha value is -3.49. The van der Waals surface area contributed by atoms with E-state index in [1.807, 2.05) is 0 Å². The van der Waals surface area contributed by atoms with Crippen LogP contribution in [0.2, 0.25) is 0 Å². The fourth-order valence-electron chi connectivity index (χ4n) is 2.46. The lowest BCUT2D eigenvalue weighted by Crippen LogP contribution is -2.30. The Morgan fingerprint density at radius 1 is 1.00 bits per heavy atom. The number of carbonyl (C=O) groups excluding carboxylic acids is 3. The van der Waals surface area contributed by atoms with Crippen molar-refractivity contribution in [2.24, 2.45) is 0 Å². The molecular weight excluding hydrogens is 388 g/mol. The molecule has 0 aliphatic carbocycles. The molecule has 0 radical (unpaired) electrons. The lowest BCUT2D eigenvalue weighted by molar-refractivity contribution is -0.123. The lowest BCUT2D eigenvalue weighted by atomic mass is 10.1. The Morgan fingerprint density at radius 2 is 1.66 bits per heavy atom. The summed E-state index contributed by atoms with van der Waals surface area (Å²) in [6.45, 7) is -0.541. The van der Waals surface area contributed by atoms with Gasteiger partial charge in [0.2, 0.25) is 0 Å². The summed E-state index contributed by atoms with van der Waals surface area (Å²) in [5, 5.41) is 2.50. The zero-order valence-corrected chi connectivity index (χ0v) is 15.9. The molecule has 2 aromatic rings. The van der Waals surface area contributed by atoms with Crippen LogP contribution in [-0.2, 0) is 9.53 Å². The Labute approximate surface area is 165 Å². The van der Waals surface area contributed by atoms with Gasteiger partial charge in [-0.2, -0.15) is 8.78 Å². The molecule has 2 aromatic carbocycles. The van der Waals surface area contributed by atoms with Crippen LogP contribution >= 0.6 is 0 Å². The van der Waals surface area contributed by atoms with Gasteiger partial charge in [0, 0.05) is 5.56 Å². The van der Waals surface area contributed by atoms with Crippen molar-refractivity contribution in [3.63, 3.8) is 0 Å². The molecule has 0 spiro atoms. The van der Waals surface area contributed by atoms with Crippen LogP contribution in [0.25, 0.3) is 0 Å². The lowest BCUT2D eigenvalue weighted by Gasteiger charge is -2.17. The molecule has 0 fully saturated rings. The average Bonchev–Trinajstić information content (AvgIpc) is 2.67. The zero-order chi connectivity index (χ0) is 21.6. The third kappa shape index (κ3) is 5.50. The van der Waals surface area contributed by atoms with Crippen LogP contribution in [0.4, 0.5) is 14.5 Å². The van der Waals surface area contributed by atoms with Gasteiger partial charge in [-0.3, -0.25) is 9.59 Å². The molecule has 154 valence electrons. The van der Waals surface area contributed by atoms with Crippen LogP contribution in [0, 0.1) is 0 Å². The summed E-state index contributed by atoms with van der Waals surface area (Å²) < 4.78 is 39.8. The molecule has 0 saturated carbocycles. The summed E-state index contributed by atoms with van der Waals surface area (Å²) in [5.74, 6) is -2.60. The molecule has 9 heteroatoms. The van der Waals surface area contributed by atoms with Crippen molar-refractivity contribution in [2.75, 3.05) is 12.4 Å². The molecule has 7 nitrogen and oxygen atoms in total. The maximum absolute atomic E-state index is 12.7. The van der Waals surface area contributed by atoms with Gasteiger partial charge in [-0.05, 0) is 38.1 Å². The number of hydrogen-bond acceptors (Lipinski definition) is 6. The van der Waals surface area contributed by atoms with E-state index in [9.17, 15) is 23.2 Å². The van der Waals surface area contributed by atoms with Crippen LogP contribution in [-0.4, -0.2) is 37.5 Å². The second kappa shape index (κ2) is 9.63. The van der Waals surface area contributed by atoms with Gasteiger partial charge in [-0.25, -0.2) is 4.79 Å². The SMILES string of the molecule is COc1cccc(C(=O)OC(C)C(=O)Nc2ccccc2C(C)=O)c1OC(F)F. The number of amides is 1. The number of ether oxygens (including phenoxy) is 3. The molecule has 1 amide bonds. The number of methoxy groups -OCH3 is 1. The van der Waals surface area contributed by atoms with E-state index in [1.165, 1.54) is 45.2 Å². The molecule has 1 atom stereocenters. The highest BCUT2D eigenvalue weighted by Gasteiger charge is 2.25. The zero-order valence-electron chi connectivity index (χ0n) is 15.9. The molecule has 0 heterocycles. The molecule has 0 aromatic heterocycles. The van der Waals surface area contributed by atoms with Gasteiger partial charge in [-0.1, -0.05) is 18.2 Å². The van der Waals surface area contributed by atoms with Crippen LogP contribution in [0.5, 0.6) is 11.5 Å². The topological polar surface area (TPSA) is 90.9 Å². The highest BCUT2D eigenvalue weighted by Crippen LogP contribution is 2.33. The number of Topliss-reactive ketones (excluding diaryl/α,β-unsaturated/α-hetero) is 1. The van der Waals surface area contributed by atoms with E-state index in [1.54, 1.807) is 18.2 Å². The number of benzene rings is 2. The first-order chi connectivity index (χ1) is 13.7. The first-order valence-electron chi connectivity index (χ1n) is 8.48. The summed E-state index contributed by atoms with van der Waals surface area (Å²) in [6.07, 6.45) is -1.28. The van der Waals surface area contributed by atoms with Crippen molar-refractivity contribution in [2.45, 2.75) is 26.6 Å². The number of alkyl halides is 2. The largest absolute Gasteiger partial charge is 0.493 e. The number of hydrogen-bond donors (Lipinski definition) is 1. The quantitative estimate of drug-likeness (QED) is 0.530. The molecular formula is C20H19F2NO6. The van der Waals surface area contributed by atoms with Crippen molar-refractivity contribution in [3.8, 4) is 11.5 Å². The van der Waals surface area contributed by atoms with Gasteiger partial charge < -0.3 is 19.5 Å². The van der Waals surface area contributed by atoms with E-state index in [-0.39, 0.29) is 22.8 Å². The van der Waals surface area contributed by atoms with Gasteiger partial charge in [-0.15, -0.1) is 0 Å². The van der Waals surface area contributed by atoms with E-state index in [0.717, 1.165) is 0 Å². The van der Waals surface area contributed by atoms with Crippen LogP contribution < -0.4 is 14.8 Å². The number of rotatable bonds is 8. The number of halogens is 2. The number of anilines is 1. The van der Waals surface area contributed by atoms with Crippen LogP contribution in [0.1, 0.15) is 34.6 Å². The summed E-state index contributed by atoms with van der Waals surface area (Å²) in [6, 6.07) is 10.3. The molecule has 0 aliphatic heterocycles. The average molecular weight is 407 g/mol. The first kappa shape index (κ1) is 21.8. The summed E-state index contributed by atoms with van der Waals surface area (Å²) in [7, 11) is 1.23. The normalized spacial score (nSPS) is 11.5. The van der Waals surface area contributed by atoms with Crippen molar-refractivity contribution < 1.29 is 37.4 Å². The van der Waals surface area contributed by atoms with E-state index in [0.29, 0.717) is 5.56 Å².